The normalized spacial score (nSPS) is 12.8. The van der Waals surface area contributed by atoms with E-state index in [0.29, 0.717) is 12.8 Å². The number of hydrogen-bond acceptors (Lipinski definition) is 4. The summed E-state index contributed by atoms with van der Waals surface area (Å²) in [6.07, 6.45) is 43.5. The van der Waals surface area contributed by atoms with Crippen molar-refractivity contribution >= 4 is 17.8 Å². The average molecular weight is 628 g/mol. The van der Waals surface area contributed by atoms with Crippen LogP contribution in [-0.2, 0) is 19.1 Å². The summed E-state index contributed by atoms with van der Waals surface area (Å²) in [5.41, 5.74) is 0. The molecule has 6 nitrogen and oxygen atoms in total. The van der Waals surface area contributed by atoms with Crippen molar-refractivity contribution < 1.29 is 24.2 Å². The Morgan fingerprint density at radius 2 is 1.16 bits per heavy atom. The van der Waals surface area contributed by atoms with E-state index in [1.807, 2.05) is 6.08 Å². The molecule has 0 aliphatic carbocycles. The third kappa shape index (κ3) is 33.8. The van der Waals surface area contributed by atoms with Crippen LogP contribution < -0.4 is 5.32 Å². The van der Waals surface area contributed by atoms with E-state index in [0.717, 1.165) is 96.3 Å². The van der Waals surface area contributed by atoms with Gasteiger partial charge in [-0.2, -0.15) is 0 Å². The minimum atomic E-state index is -1.02. The summed E-state index contributed by atoms with van der Waals surface area (Å²) in [4.78, 5) is 34.7. The Morgan fingerprint density at radius 1 is 0.622 bits per heavy atom. The number of carboxylic acid groups (broad SMARTS) is 1. The Morgan fingerprint density at radius 3 is 1.80 bits per heavy atom. The lowest BCUT2D eigenvalue weighted by Crippen LogP contribution is -2.28. The largest absolute Gasteiger partial charge is 0.480 e. The minimum absolute atomic E-state index is 0.0963. The van der Waals surface area contributed by atoms with E-state index >= 15 is 0 Å². The Kier molecular flexibility index (Phi) is 31.8. The molecule has 0 bridgehead atoms. The molecule has 0 saturated heterocycles. The SMILES string of the molecule is CC/C=C\C/C=C\C/C=C\C(CCCCCCCCC(=O)NCC(=O)O)OC(=O)CCCCCCC/C=C\C/C=C\CCCC. The zero-order valence-electron chi connectivity index (χ0n) is 28.7. The Hall–Kier alpha value is -2.89. The highest BCUT2D eigenvalue weighted by Crippen LogP contribution is 2.15. The van der Waals surface area contributed by atoms with Gasteiger partial charge in [0.15, 0.2) is 0 Å². The molecule has 0 radical (unpaired) electrons. The summed E-state index contributed by atoms with van der Waals surface area (Å²) in [5, 5.41) is 11.0. The Bertz CT molecular complexity index is 871. The lowest BCUT2D eigenvalue weighted by atomic mass is 10.1. The first-order chi connectivity index (χ1) is 22.0. The van der Waals surface area contributed by atoms with Crippen LogP contribution in [0.5, 0.6) is 0 Å². The van der Waals surface area contributed by atoms with Gasteiger partial charge in [-0.25, -0.2) is 0 Å². The molecule has 1 amide bonds. The molecule has 45 heavy (non-hydrogen) atoms. The first-order valence-electron chi connectivity index (χ1n) is 17.9. The van der Waals surface area contributed by atoms with Gasteiger partial charge in [-0.05, 0) is 76.7 Å². The lowest BCUT2D eigenvalue weighted by Gasteiger charge is -2.14. The van der Waals surface area contributed by atoms with E-state index in [1.54, 1.807) is 0 Å². The highest BCUT2D eigenvalue weighted by Gasteiger charge is 2.11. The second-order valence-corrected chi connectivity index (χ2v) is 11.7. The maximum Gasteiger partial charge on any atom is 0.322 e. The standard InChI is InChI=1S/C39H65NO5/c1-3-5-7-9-11-13-14-15-16-17-18-20-26-30-34-39(44)45-36(31-27-23-19-12-10-8-6-4-2)32-28-24-21-22-25-29-33-37(41)40-35-38(42)43/h6,8-9,11-12,14-15,19,27,31,36H,3-5,7,10,13,16-18,20-26,28-30,32-35H2,1-2H3,(H,40,41)(H,42,43)/b8-6-,11-9-,15-14-,19-12-,31-27-. The van der Waals surface area contributed by atoms with Crippen molar-refractivity contribution in [2.45, 2.75) is 161 Å². The number of hydrogen-bond donors (Lipinski definition) is 2. The summed E-state index contributed by atoms with van der Waals surface area (Å²) in [5.74, 6) is -1.32. The highest BCUT2D eigenvalue weighted by atomic mass is 16.5. The molecule has 0 spiro atoms. The molecular formula is C39H65NO5. The van der Waals surface area contributed by atoms with Gasteiger partial charge in [-0.1, -0.05) is 126 Å². The fourth-order valence-corrected chi connectivity index (χ4v) is 4.76. The number of unbranched alkanes of at least 4 members (excludes halogenated alkanes) is 12. The van der Waals surface area contributed by atoms with E-state index in [1.165, 1.54) is 32.1 Å². The van der Waals surface area contributed by atoms with E-state index in [2.05, 4.69) is 73.8 Å². The Balaban J connectivity index is 4.25. The maximum absolute atomic E-state index is 12.6. The van der Waals surface area contributed by atoms with Crippen LogP contribution in [0.25, 0.3) is 0 Å². The number of allylic oxidation sites excluding steroid dienone is 9. The third-order valence-corrected chi connectivity index (χ3v) is 7.41. The van der Waals surface area contributed by atoms with Crippen LogP contribution in [-0.4, -0.2) is 35.6 Å². The summed E-state index contributed by atoms with van der Waals surface area (Å²) in [7, 11) is 0. The molecular weight excluding hydrogens is 562 g/mol. The fraction of sp³-hybridized carbons (Fsp3) is 0.667. The van der Waals surface area contributed by atoms with Crippen molar-refractivity contribution in [2.24, 2.45) is 0 Å². The predicted octanol–water partition coefficient (Wildman–Crippen LogP) is 10.5. The highest BCUT2D eigenvalue weighted by molar-refractivity contribution is 5.80. The molecule has 1 unspecified atom stereocenters. The number of amides is 1. The molecule has 0 aromatic heterocycles. The number of nitrogens with one attached hydrogen (secondary N) is 1. The van der Waals surface area contributed by atoms with Gasteiger partial charge in [0, 0.05) is 12.8 Å². The second-order valence-electron chi connectivity index (χ2n) is 11.7. The fourth-order valence-electron chi connectivity index (χ4n) is 4.76. The van der Waals surface area contributed by atoms with Crippen molar-refractivity contribution in [3.63, 3.8) is 0 Å². The van der Waals surface area contributed by atoms with Gasteiger partial charge < -0.3 is 15.2 Å². The monoisotopic (exact) mass is 627 g/mol. The van der Waals surface area contributed by atoms with Crippen LogP contribution in [0.2, 0.25) is 0 Å². The van der Waals surface area contributed by atoms with E-state index in [4.69, 9.17) is 9.84 Å². The van der Waals surface area contributed by atoms with Crippen LogP contribution in [0, 0.1) is 0 Å². The average Bonchev–Trinajstić information content (AvgIpc) is 3.02. The number of carbonyl (C=O) groups excluding carboxylic acids is 2. The number of carbonyl (C=O) groups is 3. The summed E-state index contributed by atoms with van der Waals surface area (Å²) in [6, 6.07) is 0. The van der Waals surface area contributed by atoms with Gasteiger partial charge in [0.2, 0.25) is 5.91 Å². The molecule has 1 atom stereocenters. The van der Waals surface area contributed by atoms with Crippen LogP contribution in [0.3, 0.4) is 0 Å². The van der Waals surface area contributed by atoms with Gasteiger partial charge in [0.05, 0.1) is 0 Å². The zero-order chi connectivity index (χ0) is 33.1. The summed E-state index contributed by atoms with van der Waals surface area (Å²) >= 11 is 0. The molecule has 6 heteroatoms. The first-order valence-corrected chi connectivity index (χ1v) is 17.9. The molecule has 0 heterocycles. The van der Waals surface area contributed by atoms with Crippen LogP contribution in [0.1, 0.15) is 155 Å². The van der Waals surface area contributed by atoms with Gasteiger partial charge in [-0.15, -0.1) is 0 Å². The second kappa shape index (κ2) is 34.0. The summed E-state index contributed by atoms with van der Waals surface area (Å²) in [6.45, 7) is 4.04. The molecule has 0 aliphatic rings. The first kappa shape index (κ1) is 42.1. The smallest absolute Gasteiger partial charge is 0.322 e. The Labute approximate surface area is 275 Å². The number of esters is 1. The molecule has 0 aromatic rings. The van der Waals surface area contributed by atoms with Crippen molar-refractivity contribution in [1.29, 1.82) is 0 Å². The van der Waals surface area contributed by atoms with Gasteiger partial charge in [0.25, 0.3) is 0 Å². The van der Waals surface area contributed by atoms with Crippen molar-refractivity contribution in [2.75, 3.05) is 6.54 Å². The lowest BCUT2D eigenvalue weighted by molar-refractivity contribution is -0.147. The van der Waals surface area contributed by atoms with Crippen LogP contribution >= 0.6 is 0 Å². The molecule has 0 aliphatic heterocycles. The molecule has 2 N–H and O–H groups in total. The molecule has 0 fully saturated rings. The number of aliphatic carboxylic acids is 1. The molecule has 256 valence electrons. The topological polar surface area (TPSA) is 92.7 Å². The van der Waals surface area contributed by atoms with E-state index in [-0.39, 0.29) is 24.5 Å². The van der Waals surface area contributed by atoms with Gasteiger partial charge in [-0.3, -0.25) is 14.4 Å². The zero-order valence-corrected chi connectivity index (χ0v) is 28.7. The summed E-state index contributed by atoms with van der Waals surface area (Å²) < 4.78 is 5.87. The quantitative estimate of drug-likeness (QED) is 0.0453. The van der Waals surface area contributed by atoms with Gasteiger partial charge >= 0.3 is 11.9 Å². The number of carboxylic acids is 1. The van der Waals surface area contributed by atoms with Crippen molar-refractivity contribution in [3.8, 4) is 0 Å². The van der Waals surface area contributed by atoms with Crippen molar-refractivity contribution in [3.05, 3.63) is 60.8 Å². The number of ether oxygens (including phenoxy) is 1. The van der Waals surface area contributed by atoms with E-state index < -0.39 is 5.97 Å². The molecule has 0 saturated carbocycles. The van der Waals surface area contributed by atoms with Gasteiger partial charge in [0.1, 0.15) is 12.6 Å². The number of rotatable bonds is 31. The van der Waals surface area contributed by atoms with Crippen LogP contribution in [0.4, 0.5) is 0 Å². The van der Waals surface area contributed by atoms with E-state index in [9.17, 15) is 14.4 Å². The predicted molar refractivity (Wildman–Crippen MR) is 189 cm³/mol. The third-order valence-electron chi connectivity index (χ3n) is 7.41. The van der Waals surface area contributed by atoms with Crippen molar-refractivity contribution in [1.82, 2.24) is 5.32 Å². The molecule has 0 rings (SSSR count). The minimum Gasteiger partial charge on any atom is -0.480 e. The molecule has 0 aromatic carbocycles. The maximum atomic E-state index is 12.6. The van der Waals surface area contributed by atoms with Crippen LogP contribution in [0.15, 0.2) is 60.8 Å².